The molecule has 1 aromatic carbocycles. The molecule has 0 aromatic heterocycles. The van der Waals surface area contributed by atoms with Crippen molar-refractivity contribution in [3.63, 3.8) is 0 Å². The average molecular weight is 254 g/mol. The van der Waals surface area contributed by atoms with Gasteiger partial charge in [0, 0.05) is 12.2 Å². The zero-order chi connectivity index (χ0) is 12.5. The van der Waals surface area contributed by atoms with Crippen LogP contribution >= 0.6 is 0 Å². The van der Waals surface area contributed by atoms with Gasteiger partial charge in [-0.25, -0.2) is 8.42 Å². The van der Waals surface area contributed by atoms with Crippen molar-refractivity contribution in [3.05, 3.63) is 29.8 Å². The highest BCUT2D eigenvalue weighted by atomic mass is 32.2. The lowest BCUT2D eigenvalue weighted by Crippen LogP contribution is -2.40. The summed E-state index contributed by atoms with van der Waals surface area (Å²) in [5.41, 5.74) is 2.04. The molecule has 6 heteroatoms. The summed E-state index contributed by atoms with van der Waals surface area (Å²) in [5, 5.41) is 3.12. The third-order valence-corrected chi connectivity index (χ3v) is 3.25. The molecule has 1 amide bonds. The molecule has 0 saturated carbocycles. The highest BCUT2D eigenvalue weighted by Crippen LogP contribution is 2.24. The number of hydrogen-bond acceptors (Lipinski definition) is 4. The van der Waals surface area contributed by atoms with E-state index < -0.39 is 15.9 Å². The molecule has 2 N–H and O–H groups in total. The number of para-hydroxylation sites is 1. The zero-order valence-electron chi connectivity index (χ0n) is 9.43. The molecule has 17 heavy (non-hydrogen) atoms. The average Bonchev–Trinajstić information content (AvgIpc) is 2.26. The predicted octanol–water partition coefficient (Wildman–Crippen LogP) is 0.347. The smallest absolute Gasteiger partial charge is 0.238 e. The van der Waals surface area contributed by atoms with E-state index >= 15 is 0 Å². The Balaban J connectivity index is 2.10. The molecule has 5 nitrogen and oxygen atoms in total. The van der Waals surface area contributed by atoms with Crippen molar-refractivity contribution in [2.75, 3.05) is 18.1 Å². The van der Waals surface area contributed by atoms with Gasteiger partial charge in [-0.05, 0) is 18.1 Å². The SMILES string of the molecule is CS(=O)(=O)NC(=O)C1CNc2ccccc2C1. The molecule has 2 rings (SSSR count). The minimum absolute atomic E-state index is 0.348. The predicted molar refractivity (Wildman–Crippen MR) is 65.1 cm³/mol. The van der Waals surface area contributed by atoms with Gasteiger partial charge in [0.15, 0.2) is 0 Å². The van der Waals surface area contributed by atoms with Gasteiger partial charge in [-0.15, -0.1) is 0 Å². The fraction of sp³-hybridized carbons (Fsp3) is 0.364. The lowest BCUT2D eigenvalue weighted by molar-refractivity contribution is -0.122. The summed E-state index contributed by atoms with van der Waals surface area (Å²) in [6.45, 7) is 0.457. The Morgan fingerprint density at radius 2 is 2.12 bits per heavy atom. The van der Waals surface area contributed by atoms with E-state index in [2.05, 4.69) is 5.32 Å². The van der Waals surface area contributed by atoms with Crippen LogP contribution in [0.3, 0.4) is 0 Å². The van der Waals surface area contributed by atoms with Crippen molar-refractivity contribution in [2.45, 2.75) is 6.42 Å². The summed E-state index contributed by atoms with van der Waals surface area (Å²) in [6, 6.07) is 7.70. The lowest BCUT2D eigenvalue weighted by Gasteiger charge is -2.24. The van der Waals surface area contributed by atoms with E-state index in [1.165, 1.54) is 0 Å². The van der Waals surface area contributed by atoms with Crippen LogP contribution in [-0.2, 0) is 21.2 Å². The van der Waals surface area contributed by atoms with Crippen LogP contribution in [0.15, 0.2) is 24.3 Å². The van der Waals surface area contributed by atoms with E-state index in [1.54, 1.807) is 0 Å². The van der Waals surface area contributed by atoms with Crippen molar-refractivity contribution in [3.8, 4) is 0 Å². The van der Waals surface area contributed by atoms with Gasteiger partial charge in [0.25, 0.3) is 0 Å². The van der Waals surface area contributed by atoms with Crippen LogP contribution in [0.5, 0.6) is 0 Å². The van der Waals surface area contributed by atoms with Crippen molar-refractivity contribution in [2.24, 2.45) is 5.92 Å². The summed E-state index contributed by atoms with van der Waals surface area (Å²) >= 11 is 0. The standard InChI is InChI=1S/C11H14N2O3S/c1-17(15,16)13-11(14)9-6-8-4-2-3-5-10(8)12-7-9/h2-5,9,12H,6-7H2,1H3,(H,13,14). The fourth-order valence-electron chi connectivity index (χ4n) is 1.89. The van der Waals surface area contributed by atoms with E-state index in [4.69, 9.17) is 0 Å². The number of hydrogen-bond donors (Lipinski definition) is 2. The fourth-order valence-corrected chi connectivity index (χ4v) is 2.43. The number of carbonyl (C=O) groups is 1. The molecule has 0 saturated heterocycles. The number of carbonyl (C=O) groups excluding carboxylic acids is 1. The summed E-state index contributed by atoms with van der Waals surface area (Å²) in [4.78, 5) is 11.7. The maximum atomic E-state index is 11.7. The zero-order valence-corrected chi connectivity index (χ0v) is 10.3. The third kappa shape index (κ3) is 2.97. The van der Waals surface area contributed by atoms with Crippen LogP contribution in [0.25, 0.3) is 0 Å². The maximum absolute atomic E-state index is 11.7. The first-order valence-electron chi connectivity index (χ1n) is 5.29. The molecule has 1 aliphatic heterocycles. The number of fused-ring (bicyclic) bond motifs is 1. The highest BCUT2D eigenvalue weighted by Gasteiger charge is 2.25. The van der Waals surface area contributed by atoms with Gasteiger partial charge in [-0.1, -0.05) is 18.2 Å². The number of sulfonamides is 1. The van der Waals surface area contributed by atoms with E-state index in [0.29, 0.717) is 13.0 Å². The van der Waals surface area contributed by atoms with Gasteiger partial charge in [-0.2, -0.15) is 0 Å². The van der Waals surface area contributed by atoms with E-state index in [1.807, 2.05) is 29.0 Å². The molecule has 1 aromatic rings. The molecule has 1 aliphatic rings. The number of amides is 1. The highest BCUT2D eigenvalue weighted by molar-refractivity contribution is 7.89. The number of rotatable bonds is 2. The third-order valence-electron chi connectivity index (χ3n) is 2.68. The van der Waals surface area contributed by atoms with Crippen molar-refractivity contribution in [1.29, 1.82) is 0 Å². The summed E-state index contributed by atoms with van der Waals surface area (Å²) in [6.07, 6.45) is 1.54. The van der Waals surface area contributed by atoms with Gasteiger partial charge < -0.3 is 5.32 Å². The first-order valence-corrected chi connectivity index (χ1v) is 7.18. The molecule has 0 aliphatic carbocycles. The molecule has 1 heterocycles. The van der Waals surface area contributed by atoms with Gasteiger partial charge in [0.05, 0.1) is 12.2 Å². The second kappa shape index (κ2) is 4.37. The number of benzene rings is 1. The van der Waals surface area contributed by atoms with Crippen LogP contribution in [0.1, 0.15) is 5.56 Å². The molecular weight excluding hydrogens is 240 g/mol. The van der Waals surface area contributed by atoms with E-state index in [9.17, 15) is 13.2 Å². The van der Waals surface area contributed by atoms with Gasteiger partial charge >= 0.3 is 0 Å². The van der Waals surface area contributed by atoms with Crippen LogP contribution in [0.4, 0.5) is 5.69 Å². The summed E-state index contributed by atoms with van der Waals surface area (Å²) in [5.74, 6) is -0.797. The molecular formula is C11H14N2O3S. The molecule has 0 fully saturated rings. The molecule has 0 bridgehead atoms. The molecule has 92 valence electrons. The molecule has 0 radical (unpaired) electrons. The van der Waals surface area contributed by atoms with Crippen molar-refractivity contribution in [1.82, 2.24) is 4.72 Å². The quantitative estimate of drug-likeness (QED) is 0.798. The Bertz CT molecular complexity index is 539. The van der Waals surface area contributed by atoms with Gasteiger partial charge in [0.2, 0.25) is 15.9 Å². The van der Waals surface area contributed by atoms with Crippen LogP contribution in [0, 0.1) is 5.92 Å². The topological polar surface area (TPSA) is 75.3 Å². The number of anilines is 1. The van der Waals surface area contributed by atoms with Gasteiger partial charge in [-0.3, -0.25) is 9.52 Å². The Hall–Kier alpha value is -1.56. The van der Waals surface area contributed by atoms with Crippen molar-refractivity contribution >= 4 is 21.6 Å². The lowest BCUT2D eigenvalue weighted by atomic mass is 9.94. The molecule has 1 unspecified atom stereocenters. The largest absolute Gasteiger partial charge is 0.384 e. The van der Waals surface area contributed by atoms with E-state index in [0.717, 1.165) is 17.5 Å². The summed E-state index contributed by atoms with van der Waals surface area (Å²) in [7, 11) is -3.48. The second-order valence-corrected chi connectivity index (χ2v) is 5.93. The van der Waals surface area contributed by atoms with Crippen LogP contribution in [0.2, 0.25) is 0 Å². The van der Waals surface area contributed by atoms with E-state index in [-0.39, 0.29) is 5.92 Å². The van der Waals surface area contributed by atoms with Crippen molar-refractivity contribution < 1.29 is 13.2 Å². The first-order chi connectivity index (χ1) is 7.96. The Kier molecular flexibility index (Phi) is 3.06. The number of nitrogens with one attached hydrogen (secondary N) is 2. The monoisotopic (exact) mass is 254 g/mol. The second-order valence-electron chi connectivity index (χ2n) is 4.18. The Morgan fingerprint density at radius 3 is 2.82 bits per heavy atom. The maximum Gasteiger partial charge on any atom is 0.238 e. The minimum Gasteiger partial charge on any atom is -0.384 e. The Morgan fingerprint density at radius 1 is 1.41 bits per heavy atom. The van der Waals surface area contributed by atoms with Crippen LogP contribution < -0.4 is 10.0 Å². The molecule has 1 atom stereocenters. The first kappa shape index (κ1) is 11.9. The normalized spacial score (nSPS) is 19.0. The molecule has 0 spiro atoms. The van der Waals surface area contributed by atoms with Gasteiger partial charge in [0.1, 0.15) is 0 Å². The van der Waals surface area contributed by atoms with Crippen LogP contribution in [-0.4, -0.2) is 27.1 Å². The Labute approximate surface area is 100 Å². The minimum atomic E-state index is -3.48. The summed E-state index contributed by atoms with van der Waals surface area (Å²) < 4.78 is 24.0.